The molecule has 0 amide bonds. The monoisotopic (exact) mass is 283 g/mol. The Hall–Kier alpha value is -1.19. The maximum absolute atomic E-state index is 13.2. The molecule has 3 unspecified atom stereocenters. The van der Waals surface area contributed by atoms with Crippen LogP contribution in [0.1, 0.15) is 44.9 Å². The average Bonchev–Trinajstić information content (AvgIpc) is 2.44. The molecule has 110 valence electrons. The van der Waals surface area contributed by atoms with Crippen LogP contribution in [-0.2, 0) is 0 Å². The van der Waals surface area contributed by atoms with Crippen molar-refractivity contribution in [3.05, 3.63) is 29.6 Å². The predicted octanol–water partition coefficient (Wildman–Crippen LogP) is 4.87. The first-order valence-electron chi connectivity index (χ1n) is 7.54. The topological polar surface area (TPSA) is 12.0 Å². The number of hydrogen-bond acceptors (Lipinski definition) is 1. The summed E-state index contributed by atoms with van der Waals surface area (Å²) in [6.45, 7) is 0. The van der Waals surface area contributed by atoms with Crippen molar-refractivity contribution in [3.63, 3.8) is 0 Å². The SMILES string of the molecule is Fc1cc(NC2CCC3CCCCC3C2)cc(F)c1F. The smallest absolute Gasteiger partial charge is 0.194 e. The van der Waals surface area contributed by atoms with Crippen LogP contribution in [0.3, 0.4) is 0 Å². The molecule has 4 heteroatoms. The number of benzene rings is 1. The van der Waals surface area contributed by atoms with Crippen LogP contribution in [0.15, 0.2) is 12.1 Å². The second kappa shape index (κ2) is 5.66. The highest BCUT2D eigenvalue weighted by molar-refractivity contribution is 5.45. The van der Waals surface area contributed by atoms with Crippen molar-refractivity contribution in [1.29, 1.82) is 0 Å². The fourth-order valence-electron chi connectivity index (χ4n) is 3.88. The average molecular weight is 283 g/mol. The van der Waals surface area contributed by atoms with Crippen LogP contribution < -0.4 is 5.32 Å². The van der Waals surface area contributed by atoms with E-state index in [1.165, 1.54) is 32.1 Å². The molecule has 0 radical (unpaired) electrons. The van der Waals surface area contributed by atoms with Crippen molar-refractivity contribution in [1.82, 2.24) is 0 Å². The largest absolute Gasteiger partial charge is 0.382 e. The first-order valence-corrected chi connectivity index (χ1v) is 7.54. The lowest BCUT2D eigenvalue weighted by Crippen LogP contribution is -2.34. The first kappa shape index (κ1) is 13.8. The standard InChI is InChI=1S/C16H20F3N/c17-14-8-13(9-15(18)16(14)19)20-12-6-5-10-3-1-2-4-11(10)7-12/h8-12,20H,1-7H2. The van der Waals surface area contributed by atoms with Crippen molar-refractivity contribution < 1.29 is 13.2 Å². The van der Waals surface area contributed by atoms with Crippen LogP contribution >= 0.6 is 0 Å². The molecule has 2 aliphatic carbocycles. The third-order valence-corrected chi connectivity index (χ3v) is 4.89. The van der Waals surface area contributed by atoms with E-state index in [0.717, 1.165) is 36.8 Å². The van der Waals surface area contributed by atoms with Crippen molar-refractivity contribution in [3.8, 4) is 0 Å². The second-order valence-electron chi connectivity index (χ2n) is 6.21. The fourth-order valence-corrected chi connectivity index (χ4v) is 3.88. The van der Waals surface area contributed by atoms with E-state index in [9.17, 15) is 13.2 Å². The molecule has 0 saturated heterocycles. The Morgan fingerprint density at radius 2 is 1.50 bits per heavy atom. The van der Waals surface area contributed by atoms with Crippen molar-refractivity contribution in [2.75, 3.05) is 5.32 Å². The van der Waals surface area contributed by atoms with Gasteiger partial charge in [0.05, 0.1) is 0 Å². The Kier molecular flexibility index (Phi) is 3.90. The molecular formula is C16H20F3N. The van der Waals surface area contributed by atoms with Crippen LogP contribution in [0.25, 0.3) is 0 Å². The molecule has 0 aromatic heterocycles. The van der Waals surface area contributed by atoms with Crippen LogP contribution in [0.2, 0.25) is 0 Å². The van der Waals surface area contributed by atoms with Crippen molar-refractivity contribution in [2.45, 2.75) is 51.0 Å². The van der Waals surface area contributed by atoms with Crippen molar-refractivity contribution in [2.24, 2.45) is 11.8 Å². The summed E-state index contributed by atoms with van der Waals surface area (Å²) in [7, 11) is 0. The van der Waals surface area contributed by atoms with E-state index in [1.807, 2.05) is 0 Å². The van der Waals surface area contributed by atoms with E-state index < -0.39 is 17.5 Å². The van der Waals surface area contributed by atoms with Gasteiger partial charge in [-0.25, -0.2) is 13.2 Å². The van der Waals surface area contributed by atoms with Gasteiger partial charge >= 0.3 is 0 Å². The van der Waals surface area contributed by atoms with E-state index in [0.29, 0.717) is 5.69 Å². The van der Waals surface area contributed by atoms with Gasteiger partial charge in [-0.15, -0.1) is 0 Å². The summed E-state index contributed by atoms with van der Waals surface area (Å²) in [5.41, 5.74) is 0.348. The molecular weight excluding hydrogens is 263 g/mol. The van der Waals surface area contributed by atoms with Gasteiger partial charge in [0.1, 0.15) is 0 Å². The number of anilines is 1. The zero-order chi connectivity index (χ0) is 14.1. The predicted molar refractivity (Wildman–Crippen MR) is 73.0 cm³/mol. The third kappa shape index (κ3) is 2.79. The summed E-state index contributed by atoms with van der Waals surface area (Å²) >= 11 is 0. The molecule has 0 spiro atoms. The van der Waals surface area contributed by atoms with Gasteiger partial charge in [-0.05, 0) is 31.1 Å². The lowest BCUT2D eigenvalue weighted by molar-refractivity contribution is 0.162. The number of halogens is 3. The summed E-state index contributed by atoms with van der Waals surface area (Å²) in [6, 6.07) is 2.34. The molecule has 2 aliphatic rings. The molecule has 3 atom stereocenters. The van der Waals surface area contributed by atoms with E-state index in [1.54, 1.807) is 0 Å². The molecule has 2 fully saturated rings. The van der Waals surface area contributed by atoms with Gasteiger partial charge in [0.15, 0.2) is 17.5 Å². The maximum atomic E-state index is 13.2. The van der Waals surface area contributed by atoms with Gasteiger partial charge in [-0.2, -0.15) is 0 Å². The van der Waals surface area contributed by atoms with E-state index >= 15 is 0 Å². The number of nitrogens with one attached hydrogen (secondary N) is 1. The molecule has 3 rings (SSSR count). The molecule has 20 heavy (non-hydrogen) atoms. The lowest BCUT2D eigenvalue weighted by Gasteiger charge is -2.39. The van der Waals surface area contributed by atoms with Crippen LogP contribution in [-0.4, -0.2) is 6.04 Å². The summed E-state index contributed by atoms with van der Waals surface area (Å²) in [5.74, 6) is -2.07. The van der Waals surface area contributed by atoms with E-state index in [2.05, 4.69) is 5.32 Å². The normalized spacial score (nSPS) is 29.9. The molecule has 2 saturated carbocycles. The first-order chi connectivity index (χ1) is 9.63. The molecule has 1 N–H and O–H groups in total. The van der Waals surface area contributed by atoms with Gasteiger partial charge in [0.2, 0.25) is 0 Å². The van der Waals surface area contributed by atoms with Gasteiger partial charge in [0.25, 0.3) is 0 Å². The summed E-state index contributed by atoms with van der Waals surface area (Å²) in [4.78, 5) is 0. The van der Waals surface area contributed by atoms with E-state index in [4.69, 9.17) is 0 Å². The molecule has 0 bridgehead atoms. The minimum absolute atomic E-state index is 0.249. The summed E-state index contributed by atoms with van der Waals surface area (Å²) < 4.78 is 39.3. The Morgan fingerprint density at radius 1 is 0.850 bits per heavy atom. The van der Waals surface area contributed by atoms with Gasteiger partial charge < -0.3 is 5.32 Å². The second-order valence-corrected chi connectivity index (χ2v) is 6.21. The molecule has 0 aliphatic heterocycles. The Labute approximate surface area is 117 Å². The van der Waals surface area contributed by atoms with Crippen molar-refractivity contribution >= 4 is 5.69 Å². The molecule has 1 nitrogen and oxygen atoms in total. The number of hydrogen-bond donors (Lipinski definition) is 1. The highest BCUT2D eigenvalue weighted by Gasteiger charge is 2.32. The highest BCUT2D eigenvalue weighted by Crippen LogP contribution is 2.41. The maximum Gasteiger partial charge on any atom is 0.194 e. The molecule has 1 aromatic rings. The number of fused-ring (bicyclic) bond motifs is 1. The Balaban J connectivity index is 1.66. The Bertz CT molecular complexity index is 466. The molecule has 0 heterocycles. The van der Waals surface area contributed by atoms with Gasteiger partial charge in [-0.3, -0.25) is 0 Å². The quantitative estimate of drug-likeness (QED) is 0.763. The lowest BCUT2D eigenvalue weighted by atomic mass is 9.69. The van der Waals surface area contributed by atoms with E-state index in [-0.39, 0.29) is 6.04 Å². The van der Waals surface area contributed by atoms with Crippen LogP contribution in [0.5, 0.6) is 0 Å². The van der Waals surface area contributed by atoms with Gasteiger partial charge in [-0.1, -0.05) is 25.7 Å². The zero-order valence-corrected chi connectivity index (χ0v) is 11.5. The van der Waals surface area contributed by atoms with Gasteiger partial charge in [0, 0.05) is 23.9 Å². The number of rotatable bonds is 2. The van der Waals surface area contributed by atoms with Crippen LogP contribution in [0, 0.1) is 29.3 Å². The fraction of sp³-hybridized carbons (Fsp3) is 0.625. The summed E-state index contributed by atoms with van der Waals surface area (Å²) in [5, 5.41) is 3.18. The minimum Gasteiger partial charge on any atom is -0.382 e. The Morgan fingerprint density at radius 3 is 2.20 bits per heavy atom. The minimum atomic E-state index is -1.40. The van der Waals surface area contributed by atoms with Crippen LogP contribution in [0.4, 0.5) is 18.9 Å². The zero-order valence-electron chi connectivity index (χ0n) is 11.5. The summed E-state index contributed by atoms with van der Waals surface area (Å²) in [6.07, 6.45) is 8.52. The highest BCUT2D eigenvalue weighted by atomic mass is 19.2. The molecule has 1 aromatic carbocycles. The third-order valence-electron chi connectivity index (χ3n) is 4.89.